The Kier molecular flexibility index (Phi) is 5.91. The van der Waals surface area contributed by atoms with Gasteiger partial charge in [-0.15, -0.1) is 0 Å². The molecule has 0 aliphatic carbocycles. The van der Waals surface area contributed by atoms with Crippen molar-refractivity contribution < 1.29 is 14.4 Å². The summed E-state index contributed by atoms with van der Waals surface area (Å²) in [6.45, 7) is 12.3. The average Bonchev–Trinajstić information content (AvgIpc) is 2.11. The lowest BCUT2D eigenvalue weighted by molar-refractivity contribution is 0.0785. The van der Waals surface area contributed by atoms with Crippen molar-refractivity contribution in [1.29, 1.82) is 0 Å². The number of rotatable bonds is 7. The molecule has 0 bridgehead atoms. The summed E-state index contributed by atoms with van der Waals surface area (Å²) in [6, 6.07) is 0. The predicted molar refractivity (Wildman–Crippen MR) is 73.2 cm³/mol. The summed E-state index contributed by atoms with van der Waals surface area (Å²) >= 11 is 0. The van der Waals surface area contributed by atoms with Crippen LogP contribution in [0.4, 0.5) is 0 Å². The summed E-state index contributed by atoms with van der Waals surface area (Å²) in [5, 5.41) is 0. The molecule has 0 aromatic rings. The maximum absolute atomic E-state index is 11.7. The zero-order valence-corrected chi connectivity index (χ0v) is 13.1. The molecule has 1 unspecified atom stereocenters. The van der Waals surface area contributed by atoms with Gasteiger partial charge in [-0.1, -0.05) is 54.4 Å². The van der Waals surface area contributed by atoms with Gasteiger partial charge in [0.15, 0.2) is 0 Å². The molecule has 0 aromatic carbocycles. The highest BCUT2D eigenvalue weighted by atomic mass is 31.2. The highest BCUT2D eigenvalue weighted by Gasteiger charge is 2.48. The van der Waals surface area contributed by atoms with Crippen LogP contribution in [-0.4, -0.2) is 15.4 Å². The molecule has 3 nitrogen and oxygen atoms in total. The van der Waals surface area contributed by atoms with Gasteiger partial charge in [0, 0.05) is 0 Å². The molecule has 104 valence electrons. The highest BCUT2D eigenvalue weighted by Crippen LogP contribution is 2.58. The van der Waals surface area contributed by atoms with Crippen LogP contribution in [-0.2, 0) is 4.57 Å². The maximum atomic E-state index is 11.7. The van der Waals surface area contributed by atoms with Gasteiger partial charge in [-0.3, -0.25) is 4.57 Å². The van der Waals surface area contributed by atoms with Crippen molar-refractivity contribution in [2.24, 2.45) is 10.8 Å². The highest BCUT2D eigenvalue weighted by molar-refractivity contribution is 7.52. The minimum absolute atomic E-state index is 0.0668. The van der Waals surface area contributed by atoms with Crippen molar-refractivity contribution in [3.05, 3.63) is 0 Å². The second kappa shape index (κ2) is 5.86. The Morgan fingerprint density at radius 2 is 1.53 bits per heavy atom. The molecule has 0 aromatic heterocycles. The Morgan fingerprint density at radius 1 is 1.06 bits per heavy atom. The van der Waals surface area contributed by atoms with Crippen LogP contribution in [0.25, 0.3) is 0 Å². The number of hydrogen-bond acceptors (Lipinski definition) is 1. The summed E-state index contributed by atoms with van der Waals surface area (Å²) < 4.78 is 11.7. The Balaban J connectivity index is 5.28. The first-order valence-corrected chi connectivity index (χ1v) is 8.24. The van der Waals surface area contributed by atoms with Crippen molar-refractivity contribution in [3.8, 4) is 0 Å². The normalized spacial score (nSPS) is 16.0. The van der Waals surface area contributed by atoms with Crippen LogP contribution in [0, 0.1) is 10.8 Å². The van der Waals surface area contributed by atoms with E-state index in [2.05, 4.69) is 20.8 Å². The second-order valence-electron chi connectivity index (χ2n) is 6.25. The van der Waals surface area contributed by atoms with Crippen molar-refractivity contribution >= 4 is 7.60 Å². The third-order valence-corrected chi connectivity index (χ3v) is 6.14. The molecule has 0 saturated heterocycles. The molecule has 0 amide bonds. The summed E-state index contributed by atoms with van der Waals surface area (Å²) in [4.78, 5) is 19.2. The largest absolute Gasteiger partial charge is 0.329 e. The molecule has 0 heterocycles. The van der Waals surface area contributed by atoms with E-state index in [1.54, 1.807) is 0 Å². The first-order valence-electron chi connectivity index (χ1n) is 6.56. The monoisotopic (exact) mass is 264 g/mol. The summed E-state index contributed by atoms with van der Waals surface area (Å²) in [6.07, 6.45) is 3.42. The van der Waals surface area contributed by atoms with Gasteiger partial charge >= 0.3 is 7.60 Å². The Labute approximate surface area is 106 Å². The first kappa shape index (κ1) is 17.2. The van der Waals surface area contributed by atoms with E-state index >= 15 is 0 Å². The quantitative estimate of drug-likeness (QED) is 0.678. The summed E-state index contributed by atoms with van der Waals surface area (Å²) in [5.74, 6) is 0. The second-order valence-corrected chi connectivity index (χ2v) is 8.05. The van der Waals surface area contributed by atoms with E-state index in [-0.39, 0.29) is 10.8 Å². The molecule has 0 radical (unpaired) electrons. The molecule has 1 atom stereocenters. The Hall–Kier alpha value is 0.150. The predicted octanol–water partition coefficient (Wildman–Crippen LogP) is 4.19. The molecule has 0 spiro atoms. The third kappa shape index (κ3) is 4.08. The third-order valence-electron chi connectivity index (χ3n) is 4.42. The van der Waals surface area contributed by atoms with Crippen LogP contribution in [0.2, 0.25) is 0 Å². The molecule has 17 heavy (non-hydrogen) atoms. The van der Waals surface area contributed by atoms with Crippen molar-refractivity contribution in [3.63, 3.8) is 0 Å². The fourth-order valence-electron chi connectivity index (χ4n) is 2.62. The van der Waals surface area contributed by atoms with Gasteiger partial charge < -0.3 is 9.79 Å². The van der Waals surface area contributed by atoms with Crippen molar-refractivity contribution in [1.82, 2.24) is 0 Å². The lowest BCUT2D eigenvalue weighted by atomic mass is 9.63. The van der Waals surface area contributed by atoms with Gasteiger partial charge in [-0.05, 0) is 23.7 Å². The van der Waals surface area contributed by atoms with E-state index in [0.717, 1.165) is 19.3 Å². The van der Waals surface area contributed by atoms with Crippen LogP contribution in [0.15, 0.2) is 0 Å². The fourth-order valence-corrected chi connectivity index (χ4v) is 4.41. The maximum Gasteiger partial charge on any atom is 0.329 e. The van der Waals surface area contributed by atoms with Gasteiger partial charge in [0.1, 0.15) is 0 Å². The molecular formula is C13H29O3P. The van der Waals surface area contributed by atoms with Gasteiger partial charge in [0.25, 0.3) is 0 Å². The average molecular weight is 264 g/mol. The Morgan fingerprint density at radius 3 is 1.82 bits per heavy atom. The van der Waals surface area contributed by atoms with Crippen LogP contribution in [0.1, 0.15) is 67.2 Å². The smallest absolute Gasteiger partial charge is 0.324 e. The zero-order chi connectivity index (χ0) is 13.9. The zero-order valence-electron chi connectivity index (χ0n) is 12.2. The standard InChI is InChI=1S/C13H29O3P/c1-7-9-11(17(14,15)16)13(5,6)12(3,4)10-8-2/h11H,7-10H2,1-6H3,(H2,14,15,16). The van der Waals surface area contributed by atoms with E-state index in [9.17, 15) is 14.4 Å². The van der Waals surface area contributed by atoms with Crippen molar-refractivity contribution in [2.75, 3.05) is 0 Å². The van der Waals surface area contributed by atoms with Crippen LogP contribution < -0.4 is 0 Å². The SMILES string of the molecule is CCCC(C(C)(C)C(C)(C)CCC)P(=O)(O)O. The van der Waals surface area contributed by atoms with E-state index in [4.69, 9.17) is 0 Å². The summed E-state index contributed by atoms with van der Waals surface area (Å²) in [7, 11) is -4.03. The van der Waals surface area contributed by atoms with Crippen LogP contribution >= 0.6 is 7.60 Å². The van der Waals surface area contributed by atoms with E-state index in [0.29, 0.717) is 6.42 Å². The van der Waals surface area contributed by atoms with Crippen LogP contribution in [0.5, 0.6) is 0 Å². The molecular weight excluding hydrogens is 235 g/mol. The molecule has 0 fully saturated rings. The van der Waals surface area contributed by atoms with Crippen LogP contribution in [0.3, 0.4) is 0 Å². The van der Waals surface area contributed by atoms with E-state index < -0.39 is 13.3 Å². The molecule has 0 aliphatic rings. The van der Waals surface area contributed by atoms with Gasteiger partial charge in [0.2, 0.25) is 0 Å². The molecule has 0 aliphatic heterocycles. The van der Waals surface area contributed by atoms with E-state index in [1.807, 2.05) is 20.8 Å². The molecule has 2 N–H and O–H groups in total. The fraction of sp³-hybridized carbons (Fsp3) is 1.00. The molecule has 0 saturated carbocycles. The summed E-state index contributed by atoms with van der Waals surface area (Å²) in [5.41, 5.74) is -0.970. The van der Waals surface area contributed by atoms with Gasteiger partial charge in [-0.25, -0.2) is 0 Å². The van der Waals surface area contributed by atoms with Gasteiger partial charge in [0.05, 0.1) is 5.66 Å². The number of hydrogen-bond donors (Lipinski definition) is 2. The van der Waals surface area contributed by atoms with Crippen molar-refractivity contribution in [2.45, 2.75) is 72.9 Å². The lowest BCUT2D eigenvalue weighted by Crippen LogP contribution is -2.42. The molecule has 0 rings (SSSR count). The topological polar surface area (TPSA) is 57.5 Å². The minimum Gasteiger partial charge on any atom is -0.324 e. The Bertz CT molecular complexity index is 278. The first-order chi connectivity index (χ1) is 7.50. The minimum atomic E-state index is -4.03. The lowest BCUT2D eigenvalue weighted by Gasteiger charge is -2.47. The van der Waals surface area contributed by atoms with Gasteiger partial charge in [-0.2, -0.15) is 0 Å². The molecule has 4 heteroatoms. The van der Waals surface area contributed by atoms with E-state index in [1.165, 1.54) is 0 Å².